The van der Waals surface area contributed by atoms with Gasteiger partial charge in [-0.1, -0.05) is 12.2 Å². The summed E-state index contributed by atoms with van der Waals surface area (Å²) in [7, 11) is 2.14. The normalized spacial score (nSPS) is 15.4. The number of fused-ring (bicyclic) bond motifs is 1. The van der Waals surface area contributed by atoms with Crippen molar-refractivity contribution in [3.8, 4) is 0 Å². The predicted octanol–water partition coefficient (Wildman–Crippen LogP) is 1.50. The summed E-state index contributed by atoms with van der Waals surface area (Å²) in [5.41, 5.74) is 7.53. The van der Waals surface area contributed by atoms with Crippen LogP contribution in [0.2, 0.25) is 0 Å². The standard InChI is InChI=1S/C7H8N4.C6H11N/c1-5-2-3-6-7(8)9-4-10-11(5)6;1-7-5-3-2-4-6-7/h2-4H,1H3,(H2,8,9,10);2-3H,4-6H2,1H3. The fourth-order valence-electron chi connectivity index (χ4n) is 1.84. The Labute approximate surface area is 107 Å². The SMILES string of the molecule is CN1CC=CCC1.Cc1ccc2c(N)ncnn12. The fourth-order valence-corrected chi connectivity index (χ4v) is 1.84. The van der Waals surface area contributed by atoms with Gasteiger partial charge in [-0.3, -0.25) is 0 Å². The molecule has 0 saturated carbocycles. The number of hydrogen-bond donors (Lipinski definition) is 1. The van der Waals surface area contributed by atoms with Gasteiger partial charge in [0.25, 0.3) is 0 Å². The van der Waals surface area contributed by atoms with Crippen molar-refractivity contribution in [1.82, 2.24) is 19.5 Å². The zero-order valence-electron chi connectivity index (χ0n) is 10.9. The lowest BCUT2D eigenvalue weighted by atomic mass is 10.3. The van der Waals surface area contributed by atoms with Crippen molar-refractivity contribution in [1.29, 1.82) is 0 Å². The molecule has 0 unspecified atom stereocenters. The third kappa shape index (κ3) is 2.87. The molecule has 5 nitrogen and oxygen atoms in total. The molecule has 0 fully saturated rings. The van der Waals surface area contributed by atoms with Crippen LogP contribution in [0.5, 0.6) is 0 Å². The third-order valence-electron chi connectivity index (χ3n) is 2.93. The lowest BCUT2D eigenvalue weighted by molar-refractivity contribution is 0.366. The van der Waals surface area contributed by atoms with Crippen molar-refractivity contribution in [3.63, 3.8) is 0 Å². The second-order valence-corrected chi connectivity index (χ2v) is 4.44. The Balaban J connectivity index is 0.000000149. The average molecular weight is 245 g/mol. The van der Waals surface area contributed by atoms with E-state index < -0.39 is 0 Å². The first-order chi connectivity index (χ1) is 8.68. The van der Waals surface area contributed by atoms with Gasteiger partial charge < -0.3 is 10.6 Å². The monoisotopic (exact) mass is 245 g/mol. The van der Waals surface area contributed by atoms with Crippen molar-refractivity contribution >= 4 is 11.3 Å². The number of nitrogen functional groups attached to an aromatic ring is 1. The van der Waals surface area contributed by atoms with Crippen LogP contribution in [0.15, 0.2) is 30.6 Å². The first kappa shape index (κ1) is 12.6. The van der Waals surface area contributed by atoms with E-state index in [1.165, 1.54) is 19.3 Å². The highest BCUT2D eigenvalue weighted by molar-refractivity contribution is 5.65. The molecule has 0 aliphatic carbocycles. The molecule has 2 N–H and O–H groups in total. The lowest BCUT2D eigenvalue weighted by Gasteiger charge is -2.15. The first-order valence-corrected chi connectivity index (χ1v) is 6.07. The van der Waals surface area contributed by atoms with Gasteiger partial charge in [-0.25, -0.2) is 9.50 Å². The summed E-state index contributed by atoms with van der Waals surface area (Å²) in [6.07, 6.45) is 7.13. The van der Waals surface area contributed by atoms with Crippen LogP contribution < -0.4 is 5.73 Å². The molecule has 1 aliphatic heterocycles. The van der Waals surface area contributed by atoms with E-state index in [1.807, 2.05) is 19.1 Å². The summed E-state index contributed by atoms with van der Waals surface area (Å²) >= 11 is 0. The van der Waals surface area contributed by atoms with Crippen molar-refractivity contribution in [2.24, 2.45) is 0 Å². The number of nitrogens with two attached hydrogens (primary N) is 1. The van der Waals surface area contributed by atoms with E-state index in [2.05, 4.69) is 34.2 Å². The first-order valence-electron chi connectivity index (χ1n) is 6.07. The zero-order chi connectivity index (χ0) is 13.0. The van der Waals surface area contributed by atoms with Crippen LogP contribution in [0.3, 0.4) is 0 Å². The van der Waals surface area contributed by atoms with Crippen LogP contribution in [-0.4, -0.2) is 39.6 Å². The van der Waals surface area contributed by atoms with E-state index in [-0.39, 0.29) is 0 Å². The Morgan fingerprint density at radius 1 is 1.28 bits per heavy atom. The number of rotatable bonds is 0. The summed E-state index contributed by atoms with van der Waals surface area (Å²) in [5.74, 6) is 0.521. The second-order valence-electron chi connectivity index (χ2n) is 4.44. The van der Waals surface area contributed by atoms with Crippen molar-refractivity contribution < 1.29 is 0 Å². The molecule has 0 bridgehead atoms. The molecule has 1 aliphatic rings. The Hall–Kier alpha value is -1.88. The minimum atomic E-state index is 0.521. The van der Waals surface area contributed by atoms with Crippen LogP contribution in [-0.2, 0) is 0 Å². The Bertz CT molecular complexity index is 543. The highest BCUT2D eigenvalue weighted by Crippen LogP contribution is 2.11. The minimum absolute atomic E-state index is 0.521. The van der Waals surface area contributed by atoms with Crippen LogP contribution in [0, 0.1) is 6.92 Å². The number of likely N-dealkylation sites (N-methyl/N-ethyl adjacent to an activating group) is 1. The smallest absolute Gasteiger partial charge is 0.151 e. The fraction of sp³-hybridized carbons (Fsp3) is 0.385. The van der Waals surface area contributed by atoms with E-state index in [1.54, 1.807) is 4.52 Å². The largest absolute Gasteiger partial charge is 0.382 e. The third-order valence-corrected chi connectivity index (χ3v) is 2.93. The van der Waals surface area contributed by atoms with Crippen molar-refractivity contribution in [3.05, 3.63) is 36.3 Å². The molecule has 96 valence electrons. The van der Waals surface area contributed by atoms with Gasteiger partial charge in [0.2, 0.25) is 0 Å². The molecule has 2 aromatic heterocycles. The lowest BCUT2D eigenvalue weighted by Crippen LogP contribution is -2.21. The summed E-state index contributed by atoms with van der Waals surface area (Å²) < 4.78 is 1.77. The van der Waals surface area contributed by atoms with E-state index in [0.29, 0.717) is 5.82 Å². The number of anilines is 1. The van der Waals surface area contributed by atoms with Crippen LogP contribution in [0.25, 0.3) is 5.52 Å². The van der Waals surface area contributed by atoms with Crippen molar-refractivity contribution in [2.75, 3.05) is 25.9 Å². The second kappa shape index (κ2) is 5.64. The maximum Gasteiger partial charge on any atom is 0.151 e. The maximum atomic E-state index is 5.60. The van der Waals surface area contributed by atoms with Gasteiger partial charge in [0.05, 0.1) is 0 Å². The topological polar surface area (TPSA) is 59.5 Å². The van der Waals surface area contributed by atoms with Gasteiger partial charge in [0, 0.05) is 18.8 Å². The maximum absolute atomic E-state index is 5.60. The van der Waals surface area contributed by atoms with Gasteiger partial charge in [-0.2, -0.15) is 5.10 Å². The summed E-state index contributed by atoms with van der Waals surface area (Å²) in [6.45, 7) is 4.34. The number of nitrogens with zero attached hydrogens (tertiary/aromatic N) is 4. The molecule has 18 heavy (non-hydrogen) atoms. The molecule has 0 amide bonds. The molecule has 0 spiro atoms. The number of hydrogen-bond acceptors (Lipinski definition) is 4. The number of aromatic nitrogens is 3. The summed E-state index contributed by atoms with van der Waals surface area (Å²) in [6, 6.07) is 3.87. The van der Waals surface area contributed by atoms with Gasteiger partial charge in [0.15, 0.2) is 5.82 Å². The summed E-state index contributed by atoms with van der Waals surface area (Å²) in [5, 5.41) is 4.03. The summed E-state index contributed by atoms with van der Waals surface area (Å²) in [4.78, 5) is 6.17. The minimum Gasteiger partial charge on any atom is -0.382 e. The molecule has 5 heteroatoms. The average Bonchev–Trinajstić information content (AvgIpc) is 2.75. The molecule has 0 saturated heterocycles. The Kier molecular flexibility index (Phi) is 3.94. The van der Waals surface area contributed by atoms with Crippen LogP contribution in [0.4, 0.5) is 5.82 Å². The molecule has 2 aromatic rings. The van der Waals surface area contributed by atoms with Gasteiger partial charge >= 0.3 is 0 Å². The Morgan fingerprint density at radius 3 is 2.67 bits per heavy atom. The van der Waals surface area contributed by atoms with Gasteiger partial charge in [-0.15, -0.1) is 0 Å². The molecular weight excluding hydrogens is 226 g/mol. The van der Waals surface area contributed by atoms with E-state index >= 15 is 0 Å². The molecular formula is C13H19N5. The Morgan fingerprint density at radius 2 is 2.11 bits per heavy atom. The molecule has 0 aromatic carbocycles. The molecule has 0 radical (unpaired) electrons. The van der Waals surface area contributed by atoms with Gasteiger partial charge in [-0.05, 0) is 32.5 Å². The molecule has 0 atom stereocenters. The van der Waals surface area contributed by atoms with E-state index in [0.717, 1.165) is 17.8 Å². The van der Waals surface area contributed by atoms with E-state index in [9.17, 15) is 0 Å². The zero-order valence-corrected chi connectivity index (χ0v) is 10.9. The van der Waals surface area contributed by atoms with Crippen LogP contribution in [0.1, 0.15) is 12.1 Å². The quantitative estimate of drug-likeness (QED) is 0.715. The van der Waals surface area contributed by atoms with Crippen molar-refractivity contribution in [2.45, 2.75) is 13.3 Å². The van der Waals surface area contributed by atoms with E-state index in [4.69, 9.17) is 5.73 Å². The number of aryl methyl sites for hydroxylation is 1. The van der Waals surface area contributed by atoms with Gasteiger partial charge in [0.1, 0.15) is 11.8 Å². The molecule has 3 heterocycles. The highest BCUT2D eigenvalue weighted by atomic mass is 15.2. The highest BCUT2D eigenvalue weighted by Gasteiger charge is 2.00. The predicted molar refractivity (Wildman–Crippen MR) is 73.4 cm³/mol. The molecule has 3 rings (SSSR count). The van der Waals surface area contributed by atoms with Crippen LogP contribution >= 0.6 is 0 Å².